The van der Waals surface area contributed by atoms with Gasteiger partial charge in [-0.2, -0.15) is 10.5 Å². The van der Waals surface area contributed by atoms with Crippen LogP contribution in [0.25, 0.3) is 11.1 Å². The highest BCUT2D eigenvalue weighted by Crippen LogP contribution is 2.23. The van der Waals surface area contributed by atoms with Gasteiger partial charge in [0.1, 0.15) is 23.5 Å². The molecule has 17 heavy (non-hydrogen) atoms. The SMILES string of the molecule is N#Cc1cc(-c2ccncc2)cc(F)c1C#N. The van der Waals surface area contributed by atoms with Crippen LogP contribution in [0.3, 0.4) is 0 Å². The molecule has 0 atom stereocenters. The molecule has 0 radical (unpaired) electrons. The molecule has 2 aromatic rings. The zero-order valence-electron chi connectivity index (χ0n) is 8.68. The summed E-state index contributed by atoms with van der Waals surface area (Å²) in [4.78, 5) is 3.86. The lowest BCUT2D eigenvalue weighted by Gasteiger charge is -2.03. The second-order valence-corrected chi connectivity index (χ2v) is 3.34. The highest BCUT2D eigenvalue weighted by atomic mass is 19.1. The first-order valence-corrected chi connectivity index (χ1v) is 4.80. The van der Waals surface area contributed by atoms with Crippen LogP contribution in [0.15, 0.2) is 36.7 Å². The zero-order chi connectivity index (χ0) is 12.3. The van der Waals surface area contributed by atoms with E-state index in [4.69, 9.17) is 10.5 Å². The minimum absolute atomic E-state index is 0.0410. The minimum Gasteiger partial charge on any atom is -0.265 e. The van der Waals surface area contributed by atoms with Crippen molar-refractivity contribution < 1.29 is 4.39 Å². The average molecular weight is 223 g/mol. The molecule has 0 amide bonds. The number of hydrogen-bond donors (Lipinski definition) is 0. The number of rotatable bonds is 1. The number of benzene rings is 1. The van der Waals surface area contributed by atoms with Gasteiger partial charge in [0.2, 0.25) is 0 Å². The van der Waals surface area contributed by atoms with Gasteiger partial charge < -0.3 is 0 Å². The van der Waals surface area contributed by atoms with Crippen molar-refractivity contribution in [3.8, 4) is 23.3 Å². The Hall–Kier alpha value is -2.72. The Balaban J connectivity index is 2.65. The molecule has 0 N–H and O–H groups in total. The molecule has 0 saturated carbocycles. The Morgan fingerprint density at radius 2 is 1.71 bits per heavy atom. The summed E-state index contributed by atoms with van der Waals surface area (Å²) in [6.45, 7) is 0. The molecular formula is C13H6FN3. The summed E-state index contributed by atoms with van der Waals surface area (Å²) in [5.74, 6) is -0.682. The number of hydrogen-bond acceptors (Lipinski definition) is 3. The first-order valence-electron chi connectivity index (χ1n) is 4.80. The van der Waals surface area contributed by atoms with Gasteiger partial charge in [0.05, 0.1) is 5.56 Å². The predicted molar refractivity (Wildman–Crippen MR) is 59.1 cm³/mol. The number of pyridine rings is 1. The molecule has 1 heterocycles. The molecule has 0 aliphatic rings. The van der Waals surface area contributed by atoms with Gasteiger partial charge in [-0.1, -0.05) is 0 Å². The molecule has 2 rings (SSSR count). The van der Waals surface area contributed by atoms with Crippen molar-refractivity contribution in [1.82, 2.24) is 4.98 Å². The van der Waals surface area contributed by atoms with Gasteiger partial charge in [0.25, 0.3) is 0 Å². The van der Waals surface area contributed by atoms with Gasteiger partial charge in [0, 0.05) is 12.4 Å². The molecule has 3 nitrogen and oxygen atoms in total. The summed E-state index contributed by atoms with van der Waals surface area (Å²) < 4.78 is 13.6. The van der Waals surface area contributed by atoms with Gasteiger partial charge in [-0.05, 0) is 35.4 Å². The second kappa shape index (κ2) is 4.42. The third-order valence-electron chi connectivity index (χ3n) is 2.34. The topological polar surface area (TPSA) is 60.5 Å². The van der Waals surface area contributed by atoms with E-state index in [1.165, 1.54) is 12.1 Å². The van der Waals surface area contributed by atoms with Crippen LogP contribution in [0, 0.1) is 28.5 Å². The first-order chi connectivity index (χ1) is 8.26. The van der Waals surface area contributed by atoms with Crippen LogP contribution >= 0.6 is 0 Å². The van der Waals surface area contributed by atoms with Crippen molar-refractivity contribution in [3.63, 3.8) is 0 Å². The van der Waals surface area contributed by atoms with Gasteiger partial charge >= 0.3 is 0 Å². The summed E-state index contributed by atoms with van der Waals surface area (Å²) in [5, 5.41) is 17.6. The fourth-order valence-corrected chi connectivity index (χ4v) is 1.52. The smallest absolute Gasteiger partial charge is 0.142 e. The fraction of sp³-hybridized carbons (Fsp3) is 0. The van der Waals surface area contributed by atoms with Gasteiger partial charge in [-0.3, -0.25) is 4.98 Å². The van der Waals surface area contributed by atoms with E-state index in [9.17, 15) is 4.39 Å². The van der Waals surface area contributed by atoms with E-state index in [0.29, 0.717) is 5.56 Å². The molecule has 1 aromatic heterocycles. The van der Waals surface area contributed by atoms with Crippen molar-refractivity contribution in [2.24, 2.45) is 0 Å². The summed E-state index contributed by atoms with van der Waals surface area (Å²) >= 11 is 0. The minimum atomic E-state index is -0.682. The fourth-order valence-electron chi connectivity index (χ4n) is 1.52. The lowest BCUT2D eigenvalue weighted by molar-refractivity contribution is 0.624. The summed E-state index contributed by atoms with van der Waals surface area (Å²) in [7, 11) is 0. The van der Waals surface area contributed by atoms with Crippen LogP contribution in [0.5, 0.6) is 0 Å². The van der Waals surface area contributed by atoms with E-state index >= 15 is 0 Å². The van der Waals surface area contributed by atoms with E-state index in [-0.39, 0.29) is 11.1 Å². The molecule has 80 valence electrons. The molecular weight excluding hydrogens is 217 g/mol. The van der Waals surface area contributed by atoms with Crippen molar-refractivity contribution in [1.29, 1.82) is 10.5 Å². The highest BCUT2D eigenvalue weighted by Gasteiger charge is 2.11. The van der Waals surface area contributed by atoms with Crippen LogP contribution in [-0.2, 0) is 0 Å². The molecule has 1 aromatic carbocycles. The Bertz CT molecular complexity index is 636. The maximum atomic E-state index is 13.6. The van der Waals surface area contributed by atoms with Crippen molar-refractivity contribution in [2.45, 2.75) is 0 Å². The molecule has 4 heteroatoms. The lowest BCUT2D eigenvalue weighted by atomic mass is 10.0. The highest BCUT2D eigenvalue weighted by molar-refractivity contribution is 5.67. The van der Waals surface area contributed by atoms with Crippen molar-refractivity contribution in [2.75, 3.05) is 0 Å². The predicted octanol–water partition coefficient (Wildman–Crippen LogP) is 2.63. The molecule has 0 spiro atoms. The average Bonchev–Trinajstić information content (AvgIpc) is 2.38. The van der Waals surface area contributed by atoms with E-state index < -0.39 is 5.82 Å². The Morgan fingerprint density at radius 1 is 1.00 bits per heavy atom. The Labute approximate surface area is 97.4 Å². The van der Waals surface area contributed by atoms with Gasteiger partial charge in [0.15, 0.2) is 0 Å². The molecule has 0 aliphatic carbocycles. The largest absolute Gasteiger partial charge is 0.265 e. The summed E-state index contributed by atoms with van der Waals surface area (Å²) in [5.41, 5.74) is 1.13. The molecule has 0 saturated heterocycles. The third-order valence-corrected chi connectivity index (χ3v) is 2.34. The maximum Gasteiger partial charge on any atom is 0.142 e. The molecule has 0 bridgehead atoms. The van der Waals surface area contributed by atoms with Gasteiger partial charge in [-0.25, -0.2) is 4.39 Å². The third kappa shape index (κ3) is 1.97. The number of aromatic nitrogens is 1. The summed E-state index contributed by atoms with van der Waals surface area (Å²) in [6, 6.07) is 9.67. The van der Waals surface area contributed by atoms with E-state index in [1.54, 1.807) is 30.6 Å². The van der Waals surface area contributed by atoms with E-state index in [2.05, 4.69) is 4.98 Å². The van der Waals surface area contributed by atoms with Gasteiger partial charge in [-0.15, -0.1) is 0 Å². The maximum absolute atomic E-state index is 13.6. The van der Waals surface area contributed by atoms with Crippen molar-refractivity contribution >= 4 is 0 Å². The normalized spacial score (nSPS) is 9.35. The van der Waals surface area contributed by atoms with Crippen LogP contribution in [-0.4, -0.2) is 4.98 Å². The molecule has 0 unspecified atom stereocenters. The van der Waals surface area contributed by atoms with E-state index in [1.807, 2.05) is 6.07 Å². The quantitative estimate of drug-likeness (QED) is 0.746. The standard InChI is InChI=1S/C13H6FN3/c14-13-6-10(9-1-3-17-4-2-9)5-11(7-15)12(13)8-16/h1-6H. The van der Waals surface area contributed by atoms with Crippen molar-refractivity contribution in [3.05, 3.63) is 53.6 Å². The number of nitriles is 2. The van der Waals surface area contributed by atoms with Crippen LogP contribution in [0.2, 0.25) is 0 Å². The Kier molecular flexibility index (Phi) is 2.81. The number of nitrogens with zero attached hydrogens (tertiary/aromatic N) is 3. The molecule has 0 aliphatic heterocycles. The first kappa shape index (κ1) is 10.8. The van der Waals surface area contributed by atoms with E-state index in [0.717, 1.165) is 5.56 Å². The monoisotopic (exact) mass is 223 g/mol. The zero-order valence-corrected chi connectivity index (χ0v) is 8.68. The summed E-state index contributed by atoms with van der Waals surface area (Å²) in [6.07, 6.45) is 3.16. The molecule has 0 fully saturated rings. The lowest BCUT2D eigenvalue weighted by Crippen LogP contribution is -1.92. The van der Waals surface area contributed by atoms with Crippen LogP contribution in [0.1, 0.15) is 11.1 Å². The Morgan fingerprint density at radius 3 is 2.29 bits per heavy atom. The number of halogens is 1. The van der Waals surface area contributed by atoms with Crippen LogP contribution in [0.4, 0.5) is 4.39 Å². The van der Waals surface area contributed by atoms with Crippen LogP contribution < -0.4 is 0 Å². The second-order valence-electron chi connectivity index (χ2n) is 3.34.